The highest BCUT2D eigenvalue weighted by Gasteiger charge is 2.48. The average Bonchev–Trinajstić information content (AvgIpc) is 2.55. The van der Waals surface area contributed by atoms with E-state index in [9.17, 15) is 20.1 Å². The molecule has 1 aliphatic heterocycles. The lowest BCUT2D eigenvalue weighted by molar-refractivity contribution is -0.271. The summed E-state index contributed by atoms with van der Waals surface area (Å²) in [6, 6.07) is 8.59. The summed E-state index contributed by atoms with van der Waals surface area (Å²) in [5.41, 5.74) is 0.644. The van der Waals surface area contributed by atoms with Crippen LogP contribution in [0, 0.1) is 0 Å². The van der Waals surface area contributed by atoms with Gasteiger partial charge in [-0.15, -0.1) is 0 Å². The summed E-state index contributed by atoms with van der Waals surface area (Å²) in [5, 5.41) is 39.2. The Morgan fingerprint density at radius 3 is 2.65 bits per heavy atom. The Labute approximate surface area is 130 Å². The zero-order valence-electron chi connectivity index (χ0n) is 11.8. The molecule has 1 aromatic heterocycles. The monoisotopic (exact) mass is 321 g/mol. The number of hydrogen-bond donors (Lipinski definition) is 4. The molecule has 0 saturated carbocycles. The van der Waals surface area contributed by atoms with E-state index in [1.54, 1.807) is 30.5 Å². The van der Waals surface area contributed by atoms with Crippen LogP contribution < -0.4 is 4.74 Å². The molecule has 2 aromatic rings. The minimum Gasteiger partial charge on any atom is -0.479 e. The zero-order valence-corrected chi connectivity index (χ0v) is 11.8. The molecule has 23 heavy (non-hydrogen) atoms. The zero-order chi connectivity index (χ0) is 16.6. The van der Waals surface area contributed by atoms with Crippen molar-refractivity contribution in [3.8, 4) is 5.75 Å². The van der Waals surface area contributed by atoms with Gasteiger partial charge in [-0.05, 0) is 18.2 Å². The van der Waals surface area contributed by atoms with Crippen molar-refractivity contribution in [3.63, 3.8) is 0 Å². The molecule has 1 aromatic carbocycles. The van der Waals surface area contributed by atoms with E-state index >= 15 is 0 Å². The molecule has 5 atom stereocenters. The number of nitrogens with zero attached hydrogens (tertiary/aromatic N) is 1. The van der Waals surface area contributed by atoms with Gasteiger partial charge in [0.2, 0.25) is 6.29 Å². The number of benzene rings is 1. The summed E-state index contributed by atoms with van der Waals surface area (Å²) in [6.45, 7) is 0. The maximum absolute atomic E-state index is 11.0. The summed E-state index contributed by atoms with van der Waals surface area (Å²) >= 11 is 0. The van der Waals surface area contributed by atoms with Crippen molar-refractivity contribution in [1.82, 2.24) is 4.98 Å². The van der Waals surface area contributed by atoms with Crippen LogP contribution in [-0.4, -0.2) is 62.1 Å². The molecule has 3 rings (SSSR count). The first-order valence-electron chi connectivity index (χ1n) is 6.91. The van der Waals surface area contributed by atoms with E-state index in [1.165, 1.54) is 0 Å². The Morgan fingerprint density at radius 1 is 1.13 bits per heavy atom. The van der Waals surface area contributed by atoms with Gasteiger partial charge in [0.05, 0.1) is 5.52 Å². The van der Waals surface area contributed by atoms with Gasteiger partial charge in [0.1, 0.15) is 24.1 Å². The lowest BCUT2D eigenvalue weighted by Gasteiger charge is -2.38. The van der Waals surface area contributed by atoms with Crippen molar-refractivity contribution >= 4 is 16.9 Å². The fourth-order valence-corrected chi connectivity index (χ4v) is 2.40. The summed E-state index contributed by atoms with van der Waals surface area (Å²) in [5.74, 6) is -1.18. The van der Waals surface area contributed by atoms with Gasteiger partial charge in [-0.3, -0.25) is 4.98 Å². The fraction of sp³-hybridized carbons (Fsp3) is 0.333. The maximum Gasteiger partial charge on any atom is 0.335 e. The number of carboxylic acids is 1. The van der Waals surface area contributed by atoms with E-state index in [-0.39, 0.29) is 5.75 Å². The number of rotatable bonds is 3. The van der Waals surface area contributed by atoms with E-state index < -0.39 is 36.7 Å². The summed E-state index contributed by atoms with van der Waals surface area (Å²) in [7, 11) is 0. The van der Waals surface area contributed by atoms with E-state index in [4.69, 9.17) is 14.6 Å². The van der Waals surface area contributed by atoms with Crippen molar-refractivity contribution in [2.75, 3.05) is 0 Å². The Hall–Kier alpha value is -2.26. The Balaban J connectivity index is 1.83. The van der Waals surface area contributed by atoms with Gasteiger partial charge in [-0.2, -0.15) is 0 Å². The highest BCUT2D eigenvalue weighted by Crippen LogP contribution is 2.26. The van der Waals surface area contributed by atoms with Gasteiger partial charge in [-0.25, -0.2) is 4.79 Å². The van der Waals surface area contributed by atoms with E-state index in [0.717, 1.165) is 5.39 Å². The van der Waals surface area contributed by atoms with Gasteiger partial charge in [-0.1, -0.05) is 6.07 Å². The molecule has 0 aliphatic carbocycles. The minimum absolute atomic E-state index is 0.285. The number of aliphatic hydroxyl groups is 3. The number of carboxylic acid groups (broad SMARTS) is 1. The maximum atomic E-state index is 11.0. The lowest BCUT2D eigenvalue weighted by Crippen LogP contribution is -2.61. The topological polar surface area (TPSA) is 129 Å². The Morgan fingerprint density at radius 2 is 1.91 bits per heavy atom. The number of hydrogen-bond acceptors (Lipinski definition) is 7. The van der Waals surface area contributed by atoms with Crippen LogP contribution in [0.5, 0.6) is 5.75 Å². The van der Waals surface area contributed by atoms with Crippen LogP contribution in [0.1, 0.15) is 0 Å². The summed E-state index contributed by atoms with van der Waals surface area (Å²) in [6.07, 6.45) is -6.57. The van der Waals surface area contributed by atoms with Crippen LogP contribution in [0.3, 0.4) is 0 Å². The summed E-state index contributed by atoms with van der Waals surface area (Å²) < 4.78 is 10.5. The quantitative estimate of drug-likeness (QED) is 0.596. The number of aliphatic carboxylic acids is 1. The highest BCUT2D eigenvalue weighted by atomic mass is 16.7. The van der Waals surface area contributed by atoms with Gasteiger partial charge in [0, 0.05) is 17.6 Å². The van der Waals surface area contributed by atoms with Crippen LogP contribution in [0.2, 0.25) is 0 Å². The third-order valence-corrected chi connectivity index (χ3v) is 3.64. The molecule has 0 amide bonds. The molecule has 5 unspecified atom stereocenters. The normalized spacial score (nSPS) is 31.0. The molecule has 8 heteroatoms. The number of carbonyl (C=O) groups is 1. The van der Waals surface area contributed by atoms with Crippen molar-refractivity contribution in [2.24, 2.45) is 0 Å². The Bertz CT molecular complexity index is 722. The average molecular weight is 321 g/mol. The Kier molecular flexibility index (Phi) is 4.14. The predicted octanol–water partition coefficient (Wildman–Crippen LogP) is -0.494. The SMILES string of the molecule is O=C(O)C1OC(Oc2ccc3cccnc3c2)C(O)C(O)C1O. The van der Waals surface area contributed by atoms with Crippen molar-refractivity contribution in [1.29, 1.82) is 0 Å². The van der Waals surface area contributed by atoms with Crippen LogP contribution >= 0.6 is 0 Å². The molecule has 0 radical (unpaired) electrons. The van der Waals surface area contributed by atoms with E-state index in [1.807, 2.05) is 6.07 Å². The molecule has 1 saturated heterocycles. The molecule has 122 valence electrons. The number of fused-ring (bicyclic) bond motifs is 1. The molecule has 1 fully saturated rings. The third kappa shape index (κ3) is 2.97. The van der Waals surface area contributed by atoms with Gasteiger partial charge < -0.3 is 29.9 Å². The molecule has 1 aliphatic rings. The third-order valence-electron chi connectivity index (χ3n) is 3.64. The molecule has 8 nitrogen and oxygen atoms in total. The highest BCUT2D eigenvalue weighted by molar-refractivity contribution is 5.79. The van der Waals surface area contributed by atoms with Crippen molar-refractivity contribution < 1.29 is 34.7 Å². The number of pyridine rings is 1. The van der Waals surface area contributed by atoms with Gasteiger partial charge >= 0.3 is 5.97 Å². The molecular formula is C15H15NO7. The van der Waals surface area contributed by atoms with E-state index in [0.29, 0.717) is 5.52 Å². The lowest BCUT2D eigenvalue weighted by atomic mass is 9.99. The first-order valence-corrected chi connectivity index (χ1v) is 6.91. The first kappa shape index (κ1) is 15.6. The molecule has 0 bridgehead atoms. The number of ether oxygens (including phenoxy) is 2. The van der Waals surface area contributed by atoms with Crippen LogP contribution in [-0.2, 0) is 9.53 Å². The predicted molar refractivity (Wildman–Crippen MR) is 76.7 cm³/mol. The fourth-order valence-electron chi connectivity index (χ4n) is 2.40. The van der Waals surface area contributed by atoms with Crippen LogP contribution in [0.4, 0.5) is 0 Å². The molecule has 0 spiro atoms. The second-order valence-electron chi connectivity index (χ2n) is 5.21. The molecule has 4 N–H and O–H groups in total. The van der Waals surface area contributed by atoms with Crippen molar-refractivity contribution in [3.05, 3.63) is 36.5 Å². The smallest absolute Gasteiger partial charge is 0.335 e. The van der Waals surface area contributed by atoms with Crippen LogP contribution in [0.15, 0.2) is 36.5 Å². The number of aromatic nitrogens is 1. The first-order chi connectivity index (χ1) is 11.0. The standard InChI is InChI=1S/C15H15NO7/c17-10-11(18)13(14(20)21)23-15(12(10)19)22-8-4-3-7-2-1-5-16-9(7)6-8/h1-6,10-13,15,17-19H,(H,20,21). The molecular weight excluding hydrogens is 306 g/mol. The van der Waals surface area contributed by atoms with Gasteiger partial charge in [0.15, 0.2) is 6.10 Å². The van der Waals surface area contributed by atoms with Crippen LogP contribution in [0.25, 0.3) is 10.9 Å². The van der Waals surface area contributed by atoms with Gasteiger partial charge in [0.25, 0.3) is 0 Å². The minimum atomic E-state index is -1.75. The largest absolute Gasteiger partial charge is 0.479 e. The second-order valence-corrected chi connectivity index (χ2v) is 5.21. The summed E-state index contributed by atoms with van der Waals surface area (Å²) in [4.78, 5) is 15.2. The van der Waals surface area contributed by atoms with E-state index in [2.05, 4.69) is 4.98 Å². The van der Waals surface area contributed by atoms with Crippen molar-refractivity contribution in [2.45, 2.75) is 30.7 Å². The molecule has 2 heterocycles. The second kappa shape index (κ2) is 6.09. The number of aliphatic hydroxyl groups excluding tert-OH is 3.